The predicted molar refractivity (Wildman–Crippen MR) is 84.3 cm³/mol. The molecule has 0 N–H and O–H groups in total. The molecule has 8 heteroatoms. The van der Waals surface area contributed by atoms with Crippen molar-refractivity contribution >= 4 is 23.2 Å². The summed E-state index contributed by atoms with van der Waals surface area (Å²) < 4.78 is 45.7. The molecule has 3 fully saturated rings. The van der Waals surface area contributed by atoms with Gasteiger partial charge in [0, 0.05) is 5.69 Å². The van der Waals surface area contributed by atoms with Crippen LogP contribution in [0.5, 0.6) is 0 Å². The van der Waals surface area contributed by atoms with Gasteiger partial charge in [0.25, 0.3) is 0 Å². The van der Waals surface area contributed by atoms with Crippen LogP contribution in [0.1, 0.15) is 32.3 Å². The van der Waals surface area contributed by atoms with Crippen LogP contribution in [0.2, 0.25) is 0 Å². The lowest BCUT2D eigenvalue weighted by molar-refractivity contribution is -0.137. The molecule has 3 aliphatic rings. The minimum atomic E-state index is -4.75. The standard InChI is InChI=1S/C18H15F3N2O3/c1-16-6-7-17(2,26-16)13-12(16)14(24)23(15(13)25)9-4-5-11(22-3)10(8-9)18(19,20)21/h4-5,8,12-13H,6-7H2,1-2H3/t12-,13+,16?,17?. The average molecular weight is 364 g/mol. The fraction of sp³-hybridized carbons (Fsp3) is 0.500. The lowest BCUT2D eigenvalue weighted by atomic mass is 9.69. The van der Waals surface area contributed by atoms with E-state index in [0.29, 0.717) is 18.9 Å². The molecule has 0 radical (unpaired) electrons. The molecule has 0 aliphatic carbocycles. The molecule has 2 bridgehead atoms. The lowest BCUT2D eigenvalue weighted by Crippen LogP contribution is -2.40. The van der Waals surface area contributed by atoms with Gasteiger partial charge in [-0.15, -0.1) is 0 Å². The van der Waals surface area contributed by atoms with Crippen molar-refractivity contribution in [2.75, 3.05) is 4.90 Å². The Hall–Kier alpha value is -2.40. The number of imide groups is 1. The second-order valence-corrected chi connectivity index (χ2v) is 7.51. The van der Waals surface area contributed by atoms with Crippen LogP contribution in [0.3, 0.4) is 0 Å². The summed E-state index contributed by atoms with van der Waals surface area (Å²) in [5.41, 5.74) is -3.42. The van der Waals surface area contributed by atoms with Crippen LogP contribution in [0, 0.1) is 18.4 Å². The maximum atomic E-state index is 13.2. The Morgan fingerprint density at radius 2 is 1.69 bits per heavy atom. The monoisotopic (exact) mass is 364 g/mol. The van der Waals surface area contributed by atoms with Gasteiger partial charge in [-0.25, -0.2) is 9.74 Å². The number of fused-ring (bicyclic) bond motifs is 5. The fourth-order valence-corrected chi connectivity index (χ4v) is 4.71. The third-order valence-electron chi connectivity index (χ3n) is 5.87. The van der Waals surface area contributed by atoms with Gasteiger partial charge in [-0.2, -0.15) is 13.2 Å². The Bertz CT molecular complexity index is 857. The van der Waals surface area contributed by atoms with Gasteiger partial charge in [0.05, 0.1) is 35.2 Å². The number of carbonyl (C=O) groups is 2. The number of halogens is 3. The number of hydrogen-bond acceptors (Lipinski definition) is 3. The van der Waals surface area contributed by atoms with Crippen LogP contribution < -0.4 is 4.90 Å². The second kappa shape index (κ2) is 4.86. The van der Waals surface area contributed by atoms with Gasteiger partial charge in [-0.05, 0) is 38.8 Å². The third-order valence-corrected chi connectivity index (χ3v) is 5.87. The van der Waals surface area contributed by atoms with Crippen molar-refractivity contribution in [1.29, 1.82) is 0 Å². The van der Waals surface area contributed by atoms with Gasteiger partial charge in [-0.1, -0.05) is 6.07 Å². The first-order chi connectivity index (χ1) is 12.0. The van der Waals surface area contributed by atoms with E-state index in [1.54, 1.807) is 13.8 Å². The summed E-state index contributed by atoms with van der Waals surface area (Å²) in [4.78, 5) is 29.6. The largest absolute Gasteiger partial charge is 0.407 e. The molecular formula is C18H15F3N2O3. The smallest absolute Gasteiger partial charge is 0.367 e. The Morgan fingerprint density at radius 1 is 1.15 bits per heavy atom. The van der Waals surface area contributed by atoms with Crippen molar-refractivity contribution in [3.05, 3.63) is 35.2 Å². The average Bonchev–Trinajstić information content (AvgIpc) is 3.10. The fourth-order valence-electron chi connectivity index (χ4n) is 4.71. The van der Waals surface area contributed by atoms with Crippen LogP contribution in [0.25, 0.3) is 4.85 Å². The molecule has 136 valence electrons. The zero-order chi connectivity index (χ0) is 19.1. The van der Waals surface area contributed by atoms with E-state index in [1.165, 1.54) is 6.07 Å². The van der Waals surface area contributed by atoms with Crippen LogP contribution in [-0.4, -0.2) is 23.0 Å². The van der Waals surface area contributed by atoms with Crippen LogP contribution >= 0.6 is 0 Å². The lowest BCUT2D eigenvalue weighted by Gasteiger charge is -2.27. The van der Waals surface area contributed by atoms with Gasteiger partial charge in [-0.3, -0.25) is 9.59 Å². The highest BCUT2D eigenvalue weighted by Gasteiger charge is 2.72. The summed E-state index contributed by atoms with van der Waals surface area (Å²) in [6.45, 7) is 10.5. The van der Waals surface area contributed by atoms with E-state index < -0.39 is 52.3 Å². The first-order valence-corrected chi connectivity index (χ1v) is 8.18. The Morgan fingerprint density at radius 3 is 2.15 bits per heavy atom. The molecule has 1 aromatic rings. The highest BCUT2D eigenvalue weighted by atomic mass is 19.4. The first-order valence-electron chi connectivity index (χ1n) is 8.18. The first kappa shape index (κ1) is 17.0. The number of hydrogen-bond donors (Lipinski definition) is 0. The molecule has 3 heterocycles. The molecule has 0 spiro atoms. The van der Waals surface area contributed by atoms with Gasteiger partial charge in [0.1, 0.15) is 0 Å². The Kier molecular flexibility index (Phi) is 3.18. The number of carbonyl (C=O) groups excluding carboxylic acids is 2. The second-order valence-electron chi connectivity index (χ2n) is 7.51. The maximum absolute atomic E-state index is 13.2. The molecule has 5 nitrogen and oxygen atoms in total. The van der Waals surface area contributed by atoms with Crippen molar-refractivity contribution in [3.63, 3.8) is 0 Å². The van der Waals surface area contributed by atoms with E-state index in [4.69, 9.17) is 11.3 Å². The summed E-state index contributed by atoms with van der Waals surface area (Å²) in [7, 11) is 0. The third kappa shape index (κ3) is 2.01. The van der Waals surface area contributed by atoms with E-state index >= 15 is 0 Å². The van der Waals surface area contributed by atoms with Crippen molar-refractivity contribution < 1.29 is 27.5 Å². The van der Waals surface area contributed by atoms with Crippen molar-refractivity contribution in [2.45, 2.75) is 44.1 Å². The molecule has 1 aromatic carbocycles. The van der Waals surface area contributed by atoms with Gasteiger partial charge < -0.3 is 4.74 Å². The van der Waals surface area contributed by atoms with Crippen LogP contribution in [-0.2, 0) is 20.5 Å². The Labute approximate surface area is 147 Å². The van der Waals surface area contributed by atoms with E-state index in [-0.39, 0.29) is 5.69 Å². The Balaban J connectivity index is 1.80. The van der Waals surface area contributed by atoms with E-state index in [0.717, 1.165) is 11.0 Å². The molecule has 4 rings (SSSR count). The highest BCUT2D eigenvalue weighted by molar-refractivity contribution is 6.23. The zero-order valence-electron chi connectivity index (χ0n) is 14.1. The maximum Gasteiger partial charge on any atom is 0.407 e. The number of anilines is 1. The highest BCUT2D eigenvalue weighted by Crippen LogP contribution is 2.61. The van der Waals surface area contributed by atoms with Crippen molar-refractivity contribution in [3.8, 4) is 0 Å². The summed E-state index contributed by atoms with van der Waals surface area (Å²) in [5.74, 6) is -2.45. The quantitative estimate of drug-likeness (QED) is 0.564. The van der Waals surface area contributed by atoms with E-state index in [2.05, 4.69) is 4.85 Å². The SMILES string of the molecule is [C-]#[N+]c1ccc(N2C(=O)[C@@H]3[C@H](C2=O)C2(C)CCC3(C)O2)cc1C(F)(F)F. The zero-order valence-corrected chi connectivity index (χ0v) is 14.1. The molecular weight excluding hydrogens is 349 g/mol. The van der Waals surface area contributed by atoms with Gasteiger partial charge in [0.2, 0.25) is 11.8 Å². The molecule has 3 saturated heterocycles. The molecule has 4 atom stereocenters. The normalized spacial score (nSPS) is 35.8. The van der Waals surface area contributed by atoms with E-state index in [1.807, 2.05) is 0 Å². The van der Waals surface area contributed by atoms with Crippen LogP contribution in [0.4, 0.5) is 24.5 Å². The topological polar surface area (TPSA) is 51.0 Å². The van der Waals surface area contributed by atoms with Gasteiger partial charge in [0.15, 0.2) is 5.69 Å². The molecule has 2 unspecified atom stereocenters. The number of alkyl halides is 3. The molecule has 2 amide bonds. The minimum Gasteiger partial charge on any atom is -0.367 e. The number of nitrogens with zero attached hydrogens (tertiary/aromatic N) is 2. The number of amides is 2. The summed E-state index contributed by atoms with van der Waals surface area (Å²) in [6, 6.07) is 2.92. The van der Waals surface area contributed by atoms with Crippen molar-refractivity contribution in [2.24, 2.45) is 11.8 Å². The van der Waals surface area contributed by atoms with Crippen LogP contribution in [0.15, 0.2) is 18.2 Å². The summed E-state index contributed by atoms with van der Waals surface area (Å²) in [6.07, 6.45) is -3.50. The van der Waals surface area contributed by atoms with E-state index in [9.17, 15) is 22.8 Å². The number of rotatable bonds is 1. The summed E-state index contributed by atoms with van der Waals surface area (Å²) in [5, 5.41) is 0. The summed E-state index contributed by atoms with van der Waals surface area (Å²) >= 11 is 0. The molecule has 3 aliphatic heterocycles. The molecule has 0 aromatic heterocycles. The molecule has 0 saturated carbocycles. The molecule has 26 heavy (non-hydrogen) atoms. The van der Waals surface area contributed by atoms with Gasteiger partial charge >= 0.3 is 6.18 Å². The minimum absolute atomic E-state index is 0.152. The van der Waals surface area contributed by atoms with Crippen molar-refractivity contribution in [1.82, 2.24) is 0 Å². The number of benzene rings is 1. The predicted octanol–water partition coefficient (Wildman–Crippen LogP) is 3.70. The number of ether oxygens (including phenoxy) is 1.